The maximum Gasteiger partial charge on any atom is 0.261 e. The summed E-state index contributed by atoms with van der Waals surface area (Å²) in [7, 11) is 3.13. The number of thiophene rings is 1. The Kier molecular flexibility index (Phi) is 5.23. The third-order valence-electron chi connectivity index (χ3n) is 5.37. The molecule has 29 heavy (non-hydrogen) atoms. The normalized spacial score (nSPS) is 14.8. The average Bonchev–Trinajstić information content (AvgIpc) is 3.44. The zero-order valence-electron chi connectivity index (χ0n) is 16.5. The van der Waals surface area contributed by atoms with Crippen molar-refractivity contribution in [2.45, 2.75) is 31.8 Å². The predicted molar refractivity (Wildman–Crippen MR) is 109 cm³/mol. The Hall–Kier alpha value is -2.58. The summed E-state index contributed by atoms with van der Waals surface area (Å²) in [6, 6.07) is 6.54. The van der Waals surface area contributed by atoms with E-state index in [4.69, 9.17) is 9.47 Å². The molecule has 0 spiro atoms. The van der Waals surface area contributed by atoms with Crippen LogP contribution in [0.1, 0.15) is 39.5 Å². The molecule has 6 nitrogen and oxygen atoms in total. The van der Waals surface area contributed by atoms with Gasteiger partial charge in [0.15, 0.2) is 5.82 Å². The van der Waals surface area contributed by atoms with Crippen molar-refractivity contribution in [1.29, 1.82) is 0 Å². The molecule has 2 heterocycles. The summed E-state index contributed by atoms with van der Waals surface area (Å²) in [6.45, 7) is 2.66. The topological polar surface area (TPSA) is 73.3 Å². The average molecular weight is 415 g/mol. The van der Waals surface area contributed by atoms with Crippen molar-refractivity contribution in [3.8, 4) is 5.88 Å². The van der Waals surface area contributed by atoms with Gasteiger partial charge in [-0.1, -0.05) is 12.1 Å². The molecule has 3 aromatic rings. The van der Waals surface area contributed by atoms with Crippen LogP contribution in [0.5, 0.6) is 5.88 Å². The molecule has 1 aromatic carbocycles. The number of nitrogens with zero attached hydrogens (tertiary/aromatic N) is 2. The van der Waals surface area contributed by atoms with E-state index in [-0.39, 0.29) is 23.7 Å². The summed E-state index contributed by atoms with van der Waals surface area (Å²) in [5.41, 5.74) is 1.76. The third-order valence-corrected chi connectivity index (χ3v) is 6.56. The molecule has 1 aliphatic rings. The molecule has 1 amide bonds. The highest BCUT2D eigenvalue weighted by molar-refractivity contribution is 7.20. The van der Waals surface area contributed by atoms with Gasteiger partial charge in [-0.3, -0.25) is 4.79 Å². The van der Waals surface area contributed by atoms with Crippen LogP contribution in [0.2, 0.25) is 0 Å². The molecule has 8 heteroatoms. The summed E-state index contributed by atoms with van der Waals surface area (Å²) in [5.74, 6) is 0.560. The SMILES string of the molecule is COCc1nc(OC)c2c(C)c(C(=O)NCC3(c4ccc(F)cc4)CC3)sc2n1. The summed E-state index contributed by atoms with van der Waals surface area (Å²) in [4.78, 5) is 23.1. The summed E-state index contributed by atoms with van der Waals surface area (Å²) in [6.07, 6.45) is 1.95. The van der Waals surface area contributed by atoms with E-state index in [2.05, 4.69) is 15.3 Å². The lowest BCUT2D eigenvalue weighted by Crippen LogP contribution is -2.32. The second kappa shape index (κ2) is 7.68. The van der Waals surface area contributed by atoms with Gasteiger partial charge < -0.3 is 14.8 Å². The Morgan fingerprint density at radius 1 is 1.24 bits per heavy atom. The number of hydrogen-bond donors (Lipinski definition) is 1. The molecule has 0 radical (unpaired) electrons. The standard InChI is InChI=1S/C21H22FN3O3S/c1-12-16-19(28-3)24-15(10-27-2)25-20(16)29-17(12)18(26)23-11-21(8-9-21)13-4-6-14(22)7-5-13/h4-7H,8-11H2,1-3H3,(H,23,26). The van der Waals surface area contributed by atoms with Crippen LogP contribution in [0.3, 0.4) is 0 Å². The molecule has 0 bridgehead atoms. The van der Waals surface area contributed by atoms with E-state index in [1.807, 2.05) is 6.92 Å². The molecule has 1 aliphatic carbocycles. The van der Waals surface area contributed by atoms with E-state index in [0.29, 0.717) is 28.0 Å². The number of halogens is 1. The number of amides is 1. The Labute approximate surface area is 172 Å². The third kappa shape index (κ3) is 3.70. The van der Waals surface area contributed by atoms with Gasteiger partial charge in [0.2, 0.25) is 5.88 Å². The van der Waals surface area contributed by atoms with Crippen molar-refractivity contribution in [1.82, 2.24) is 15.3 Å². The number of ether oxygens (including phenoxy) is 2. The fourth-order valence-electron chi connectivity index (χ4n) is 3.55. The Morgan fingerprint density at radius 2 is 1.97 bits per heavy atom. The molecule has 4 rings (SSSR count). The van der Waals surface area contributed by atoms with E-state index in [9.17, 15) is 9.18 Å². The molecule has 1 N–H and O–H groups in total. The lowest BCUT2D eigenvalue weighted by atomic mass is 9.96. The molecular formula is C21H22FN3O3S. The number of rotatable bonds is 7. The molecular weight excluding hydrogens is 393 g/mol. The number of fused-ring (bicyclic) bond motifs is 1. The van der Waals surface area contributed by atoms with Crippen molar-refractivity contribution < 1.29 is 18.7 Å². The summed E-state index contributed by atoms with van der Waals surface area (Å²) < 4.78 is 23.7. The van der Waals surface area contributed by atoms with E-state index in [1.165, 1.54) is 23.5 Å². The predicted octanol–water partition coefficient (Wildman–Crippen LogP) is 3.76. The number of methoxy groups -OCH3 is 2. The van der Waals surface area contributed by atoms with Gasteiger partial charge >= 0.3 is 0 Å². The monoisotopic (exact) mass is 415 g/mol. The maximum absolute atomic E-state index is 13.2. The van der Waals surface area contributed by atoms with Crippen LogP contribution in [-0.4, -0.2) is 36.6 Å². The number of aromatic nitrogens is 2. The number of carbonyl (C=O) groups is 1. The molecule has 0 unspecified atom stereocenters. The fourth-order valence-corrected chi connectivity index (χ4v) is 4.66. The maximum atomic E-state index is 13.2. The summed E-state index contributed by atoms with van der Waals surface area (Å²) >= 11 is 1.32. The van der Waals surface area contributed by atoms with Crippen molar-refractivity contribution in [2.75, 3.05) is 20.8 Å². The first-order valence-corrected chi connectivity index (χ1v) is 10.2. The van der Waals surface area contributed by atoms with Gasteiger partial charge in [-0.15, -0.1) is 11.3 Å². The van der Waals surface area contributed by atoms with E-state index >= 15 is 0 Å². The fraction of sp³-hybridized carbons (Fsp3) is 0.381. The summed E-state index contributed by atoms with van der Waals surface area (Å²) in [5, 5.41) is 3.81. The number of aryl methyl sites for hydroxylation is 1. The van der Waals surface area contributed by atoms with Crippen LogP contribution >= 0.6 is 11.3 Å². The van der Waals surface area contributed by atoms with Crippen LogP contribution in [0.15, 0.2) is 24.3 Å². The minimum Gasteiger partial charge on any atom is -0.480 e. The first kappa shape index (κ1) is 19.7. The van der Waals surface area contributed by atoms with Gasteiger partial charge in [0.05, 0.1) is 17.4 Å². The quantitative estimate of drug-likeness (QED) is 0.636. The van der Waals surface area contributed by atoms with E-state index in [0.717, 1.165) is 29.4 Å². The molecule has 2 aromatic heterocycles. The Morgan fingerprint density at radius 3 is 2.59 bits per heavy atom. The Bertz CT molecular complexity index is 1060. The van der Waals surface area contributed by atoms with Gasteiger partial charge in [-0.2, -0.15) is 4.98 Å². The molecule has 1 saturated carbocycles. The second-order valence-corrected chi connectivity index (χ2v) is 8.29. The number of carbonyl (C=O) groups excluding carboxylic acids is 1. The second-order valence-electron chi connectivity index (χ2n) is 7.29. The number of hydrogen-bond acceptors (Lipinski definition) is 6. The molecule has 152 valence electrons. The first-order chi connectivity index (χ1) is 14.0. The first-order valence-electron chi connectivity index (χ1n) is 9.34. The zero-order valence-corrected chi connectivity index (χ0v) is 17.4. The van der Waals surface area contributed by atoms with Gasteiger partial charge in [-0.05, 0) is 43.0 Å². The van der Waals surface area contributed by atoms with Gasteiger partial charge in [0.25, 0.3) is 5.91 Å². The van der Waals surface area contributed by atoms with Gasteiger partial charge in [0.1, 0.15) is 17.3 Å². The van der Waals surface area contributed by atoms with Gasteiger partial charge in [0, 0.05) is 19.1 Å². The van der Waals surface area contributed by atoms with Gasteiger partial charge in [-0.25, -0.2) is 9.37 Å². The van der Waals surface area contributed by atoms with Crippen molar-refractivity contribution >= 4 is 27.5 Å². The van der Waals surface area contributed by atoms with Crippen molar-refractivity contribution in [3.63, 3.8) is 0 Å². The Balaban J connectivity index is 1.57. The molecule has 0 saturated heterocycles. The van der Waals surface area contributed by atoms with E-state index in [1.54, 1.807) is 26.4 Å². The minimum absolute atomic E-state index is 0.100. The smallest absolute Gasteiger partial charge is 0.261 e. The van der Waals surface area contributed by atoms with Crippen LogP contribution in [-0.2, 0) is 16.8 Å². The van der Waals surface area contributed by atoms with Crippen LogP contribution < -0.4 is 10.1 Å². The molecule has 0 atom stereocenters. The van der Waals surface area contributed by atoms with Crippen LogP contribution in [0, 0.1) is 12.7 Å². The minimum atomic E-state index is -0.252. The highest BCUT2D eigenvalue weighted by Gasteiger charge is 2.44. The van der Waals surface area contributed by atoms with Crippen LogP contribution in [0.4, 0.5) is 4.39 Å². The van der Waals surface area contributed by atoms with Crippen molar-refractivity contribution in [2.24, 2.45) is 0 Å². The highest BCUT2D eigenvalue weighted by Crippen LogP contribution is 2.47. The number of benzene rings is 1. The zero-order chi connectivity index (χ0) is 20.6. The highest BCUT2D eigenvalue weighted by atomic mass is 32.1. The van der Waals surface area contributed by atoms with E-state index < -0.39 is 0 Å². The van der Waals surface area contributed by atoms with Crippen LogP contribution in [0.25, 0.3) is 10.2 Å². The molecule has 1 fully saturated rings. The number of nitrogens with one attached hydrogen (secondary N) is 1. The molecule has 0 aliphatic heterocycles. The lowest BCUT2D eigenvalue weighted by molar-refractivity contribution is 0.0953. The lowest BCUT2D eigenvalue weighted by Gasteiger charge is -2.16. The van der Waals surface area contributed by atoms with Crippen molar-refractivity contribution in [3.05, 3.63) is 51.9 Å². The largest absolute Gasteiger partial charge is 0.480 e.